The van der Waals surface area contributed by atoms with Crippen LogP contribution in [0.4, 0.5) is 5.69 Å². The number of aryl methyl sites for hydroxylation is 1. The molecule has 2 N–H and O–H groups in total. The van der Waals surface area contributed by atoms with E-state index >= 15 is 0 Å². The van der Waals surface area contributed by atoms with Gasteiger partial charge in [-0.25, -0.2) is 4.98 Å². The summed E-state index contributed by atoms with van der Waals surface area (Å²) in [6.45, 7) is 1.48. The van der Waals surface area contributed by atoms with Crippen LogP contribution in [0.2, 0.25) is 0 Å². The van der Waals surface area contributed by atoms with Gasteiger partial charge in [-0.15, -0.1) is 0 Å². The number of hydrogen-bond acceptors (Lipinski definition) is 3. The van der Waals surface area contributed by atoms with Gasteiger partial charge in [-0.2, -0.15) is 0 Å². The van der Waals surface area contributed by atoms with Gasteiger partial charge in [0.1, 0.15) is 0 Å². The smallest absolute Gasteiger partial charge is 0.224 e. The summed E-state index contributed by atoms with van der Waals surface area (Å²) in [6, 6.07) is 5.81. The molecule has 1 aromatic carbocycles. The fourth-order valence-corrected chi connectivity index (χ4v) is 2.20. The fourth-order valence-electron chi connectivity index (χ4n) is 2.20. The number of aromatic nitrogens is 2. The topological polar surface area (TPSA) is 74.8 Å². The Morgan fingerprint density at radius 3 is 2.89 bits per heavy atom. The zero-order valence-electron chi connectivity index (χ0n) is 10.5. The summed E-state index contributed by atoms with van der Waals surface area (Å²) in [5.41, 5.74) is 3.75. The minimum Gasteiger partial charge on any atom is -0.336 e. The van der Waals surface area contributed by atoms with E-state index in [9.17, 15) is 9.59 Å². The number of aromatic amines is 1. The summed E-state index contributed by atoms with van der Waals surface area (Å²) >= 11 is 0. The maximum Gasteiger partial charge on any atom is 0.224 e. The summed E-state index contributed by atoms with van der Waals surface area (Å²) in [5, 5.41) is 2.84. The van der Waals surface area contributed by atoms with Crippen LogP contribution < -0.4 is 5.32 Å². The molecule has 0 saturated carbocycles. The lowest BCUT2D eigenvalue weighted by molar-refractivity contribution is -0.116. The predicted molar refractivity (Wildman–Crippen MR) is 71.0 cm³/mol. The molecule has 96 valence electrons. The molecule has 2 heterocycles. The van der Waals surface area contributed by atoms with Gasteiger partial charge in [0.2, 0.25) is 5.91 Å². The number of anilines is 1. The van der Waals surface area contributed by atoms with Gasteiger partial charge in [0, 0.05) is 19.0 Å². The molecule has 1 amide bonds. The second-order valence-electron chi connectivity index (χ2n) is 4.62. The normalized spacial score (nSPS) is 13.8. The highest BCUT2D eigenvalue weighted by molar-refractivity contribution is 5.94. The Labute approximate surface area is 110 Å². The van der Waals surface area contributed by atoms with Crippen LogP contribution in [0.5, 0.6) is 0 Å². The van der Waals surface area contributed by atoms with E-state index in [0.717, 1.165) is 28.9 Å². The van der Waals surface area contributed by atoms with Crippen molar-refractivity contribution in [2.45, 2.75) is 19.8 Å². The average molecular weight is 255 g/mol. The molecule has 0 radical (unpaired) electrons. The number of amides is 1. The summed E-state index contributed by atoms with van der Waals surface area (Å²) in [7, 11) is 0. The van der Waals surface area contributed by atoms with Crippen molar-refractivity contribution < 1.29 is 9.59 Å². The van der Waals surface area contributed by atoms with Crippen molar-refractivity contribution in [1.29, 1.82) is 0 Å². The van der Waals surface area contributed by atoms with Crippen molar-refractivity contribution in [2.24, 2.45) is 0 Å². The minimum atomic E-state index is -0.0866. The number of hydrogen-bond donors (Lipinski definition) is 2. The molecule has 3 rings (SSSR count). The first-order chi connectivity index (χ1) is 9.13. The van der Waals surface area contributed by atoms with Crippen LogP contribution in [0.25, 0.3) is 11.3 Å². The number of nitrogens with zero attached hydrogens (tertiary/aromatic N) is 1. The van der Waals surface area contributed by atoms with Crippen molar-refractivity contribution in [2.75, 3.05) is 5.32 Å². The number of H-pyrrole nitrogens is 1. The van der Waals surface area contributed by atoms with Crippen molar-refractivity contribution in [3.05, 3.63) is 35.8 Å². The van der Waals surface area contributed by atoms with Crippen molar-refractivity contribution in [3.63, 3.8) is 0 Å². The Morgan fingerprint density at radius 2 is 2.16 bits per heavy atom. The van der Waals surface area contributed by atoms with E-state index in [-0.39, 0.29) is 11.7 Å². The van der Waals surface area contributed by atoms with E-state index in [2.05, 4.69) is 15.3 Å². The van der Waals surface area contributed by atoms with E-state index in [1.165, 1.54) is 6.92 Å². The summed E-state index contributed by atoms with van der Waals surface area (Å²) < 4.78 is 0. The molecule has 1 aliphatic heterocycles. The minimum absolute atomic E-state index is 0.0562. The van der Waals surface area contributed by atoms with E-state index in [1.807, 2.05) is 18.2 Å². The molecule has 19 heavy (non-hydrogen) atoms. The van der Waals surface area contributed by atoms with Gasteiger partial charge in [0.05, 0.1) is 11.9 Å². The van der Waals surface area contributed by atoms with Crippen LogP contribution in [-0.4, -0.2) is 21.7 Å². The number of Topliss-reactive ketones (excluding diaryl/α,β-unsaturated/α-hetero) is 1. The number of nitrogens with one attached hydrogen (secondary N) is 2. The zero-order chi connectivity index (χ0) is 13.4. The Morgan fingerprint density at radius 1 is 1.32 bits per heavy atom. The number of benzene rings is 1. The molecule has 2 aromatic rings. The average Bonchev–Trinajstić information content (AvgIpc) is 2.88. The van der Waals surface area contributed by atoms with Crippen LogP contribution in [0, 0.1) is 0 Å². The summed E-state index contributed by atoms with van der Waals surface area (Å²) in [4.78, 5) is 29.5. The molecule has 0 aliphatic carbocycles. The lowest BCUT2D eigenvalue weighted by atomic mass is 9.99. The first-order valence-corrected chi connectivity index (χ1v) is 6.12. The molecule has 0 bridgehead atoms. The Kier molecular flexibility index (Phi) is 2.67. The van der Waals surface area contributed by atoms with E-state index < -0.39 is 0 Å². The van der Waals surface area contributed by atoms with Gasteiger partial charge < -0.3 is 10.3 Å². The Hall–Kier alpha value is -2.43. The third kappa shape index (κ3) is 2.14. The second kappa shape index (κ2) is 4.35. The monoisotopic (exact) mass is 255 g/mol. The molecule has 5 nitrogen and oxygen atoms in total. The number of carbonyl (C=O) groups excluding carboxylic acids is 2. The van der Waals surface area contributed by atoms with Gasteiger partial charge in [-0.05, 0) is 29.7 Å². The van der Waals surface area contributed by atoms with Crippen LogP contribution in [0.15, 0.2) is 24.4 Å². The predicted octanol–water partition coefficient (Wildman–Crippen LogP) is 2.16. The quantitative estimate of drug-likeness (QED) is 0.807. The van der Waals surface area contributed by atoms with Crippen molar-refractivity contribution in [1.82, 2.24) is 9.97 Å². The third-order valence-electron chi connectivity index (χ3n) is 3.22. The third-order valence-corrected chi connectivity index (χ3v) is 3.22. The van der Waals surface area contributed by atoms with Gasteiger partial charge in [0.15, 0.2) is 11.6 Å². The first-order valence-electron chi connectivity index (χ1n) is 6.12. The maximum absolute atomic E-state index is 11.3. The SMILES string of the molecule is CC(=O)c1ncc(-c2ccc3c(c2)CCC(=O)N3)[nH]1. The molecule has 1 aliphatic rings. The molecule has 0 fully saturated rings. The lowest BCUT2D eigenvalue weighted by Gasteiger charge is -2.17. The number of rotatable bonds is 2. The molecule has 0 atom stereocenters. The molecule has 1 aromatic heterocycles. The second-order valence-corrected chi connectivity index (χ2v) is 4.62. The van der Waals surface area contributed by atoms with Crippen LogP contribution >= 0.6 is 0 Å². The largest absolute Gasteiger partial charge is 0.336 e. The number of imidazole rings is 1. The molecular weight excluding hydrogens is 242 g/mol. The Balaban J connectivity index is 1.97. The summed E-state index contributed by atoms with van der Waals surface area (Å²) in [5.74, 6) is 0.332. The fraction of sp³-hybridized carbons (Fsp3) is 0.214. The van der Waals surface area contributed by atoms with E-state index in [4.69, 9.17) is 0 Å². The van der Waals surface area contributed by atoms with Crippen LogP contribution in [0.3, 0.4) is 0 Å². The number of ketones is 1. The molecule has 0 unspecified atom stereocenters. The van der Waals surface area contributed by atoms with Crippen LogP contribution in [-0.2, 0) is 11.2 Å². The summed E-state index contributed by atoms with van der Waals surface area (Å²) in [6.07, 6.45) is 2.90. The van der Waals surface area contributed by atoms with Crippen molar-refractivity contribution >= 4 is 17.4 Å². The Bertz CT molecular complexity index is 673. The number of fused-ring (bicyclic) bond motifs is 1. The highest BCUT2D eigenvalue weighted by Gasteiger charge is 2.15. The van der Waals surface area contributed by atoms with Gasteiger partial charge >= 0.3 is 0 Å². The first kappa shape index (κ1) is 11.6. The molecule has 5 heteroatoms. The highest BCUT2D eigenvalue weighted by Crippen LogP contribution is 2.27. The highest BCUT2D eigenvalue weighted by atomic mass is 16.1. The van der Waals surface area contributed by atoms with Gasteiger partial charge in [-0.1, -0.05) is 6.07 Å². The molecule has 0 spiro atoms. The zero-order valence-corrected chi connectivity index (χ0v) is 10.5. The molecule has 0 saturated heterocycles. The molecular formula is C14H13N3O2. The van der Waals surface area contributed by atoms with Gasteiger partial charge in [0.25, 0.3) is 0 Å². The van der Waals surface area contributed by atoms with E-state index in [1.54, 1.807) is 6.20 Å². The van der Waals surface area contributed by atoms with E-state index in [0.29, 0.717) is 12.2 Å². The maximum atomic E-state index is 11.3. The van der Waals surface area contributed by atoms with Crippen LogP contribution in [0.1, 0.15) is 29.5 Å². The standard InChI is InChI=1S/C14H13N3O2/c1-8(18)14-15-7-12(17-14)10-2-4-11-9(6-10)3-5-13(19)16-11/h2,4,6-7H,3,5H2,1H3,(H,15,17)(H,16,19). The lowest BCUT2D eigenvalue weighted by Crippen LogP contribution is -2.18. The van der Waals surface area contributed by atoms with Crippen molar-refractivity contribution in [3.8, 4) is 11.3 Å². The number of carbonyl (C=O) groups is 2. The van der Waals surface area contributed by atoms with Gasteiger partial charge in [-0.3, -0.25) is 9.59 Å².